The molecular weight excluding hydrogens is 408 g/mol. The lowest BCUT2D eigenvalue weighted by molar-refractivity contribution is -0.199. The molecule has 9 nitrogen and oxygen atoms in total. The molecule has 0 unspecified atom stereocenters. The molecule has 0 aromatic heterocycles. The summed E-state index contributed by atoms with van der Waals surface area (Å²) in [6.45, 7) is 12.1. The first-order valence-electron chi connectivity index (χ1n) is 9.53. The van der Waals surface area contributed by atoms with Crippen LogP contribution in [0.15, 0.2) is 50.6 Å². The SMILES string of the molecule is C=CC(=O)OCC1(COC(=O)C=C)CCCC(COC(=O)C=C)(COC(=O)C=C)C1O. The molecule has 0 saturated heterocycles. The lowest BCUT2D eigenvalue weighted by Gasteiger charge is -2.50. The molecule has 1 rings (SSSR count). The normalized spacial score (nSPS) is 16.8. The number of hydrogen-bond acceptors (Lipinski definition) is 9. The smallest absolute Gasteiger partial charge is 0.330 e. The monoisotopic (exact) mass is 436 g/mol. The van der Waals surface area contributed by atoms with Gasteiger partial charge in [0.25, 0.3) is 0 Å². The number of esters is 4. The summed E-state index contributed by atoms with van der Waals surface area (Å²) < 4.78 is 20.7. The van der Waals surface area contributed by atoms with Crippen molar-refractivity contribution in [3.63, 3.8) is 0 Å². The Morgan fingerprint density at radius 2 is 0.935 bits per heavy atom. The van der Waals surface area contributed by atoms with Gasteiger partial charge in [-0.3, -0.25) is 0 Å². The summed E-state index contributed by atoms with van der Waals surface area (Å²) in [7, 11) is 0. The van der Waals surface area contributed by atoms with E-state index in [-0.39, 0.29) is 26.4 Å². The number of ether oxygens (including phenoxy) is 4. The molecule has 0 atom stereocenters. The number of carbonyl (C=O) groups is 4. The zero-order valence-electron chi connectivity index (χ0n) is 17.4. The van der Waals surface area contributed by atoms with Crippen molar-refractivity contribution in [1.82, 2.24) is 0 Å². The number of hydrogen-bond donors (Lipinski definition) is 1. The average molecular weight is 436 g/mol. The highest BCUT2D eigenvalue weighted by Gasteiger charge is 2.56. The Labute approximate surface area is 181 Å². The van der Waals surface area contributed by atoms with E-state index in [2.05, 4.69) is 26.3 Å². The van der Waals surface area contributed by atoms with Gasteiger partial charge in [0.1, 0.15) is 26.4 Å². The Balaban J connectivity index is 3.29. The first kappa shape index (κ1) is 25.8. The summed E-state index contributed by atoms with van der Waals surface area (Å²) >= 11 is 0. The molecule has 1 saturated carbocycles. The number of aliphatic hydroxyl groups excluding tert-OH is 1. The lowest BCUT2D eigenvalue weighted by Crippen LogP contribution is -2.59. The Bertz CT molecular complexity index is 629. The number of aliphatic hydroxyl groups is 1. The van der Waals surface area contributed by atoms with E-state index in [4.69, 9.17) is 18.9 Å². The number of carbonyl (C=O) groups excluding carboxylic acids is 4. The molecule has 0 bridgehead atoms. The fourth-order valence-corrected chi connectivity index (χ4v) is 3.50. The molecule has 0 spiro atoms. The number of rotatable bonds is 12. The van der Waals surface area contributed by atoms with Crippen molar-refractivity contribution in [1.29, 1.82) is 0 Å². The van der Waals surface area contributed by atoms with Crippen molar-refractivity contribution in [2.45, 2.75) is 25.4 Å². The van der Waals surface area contributed by atoms with Crippen LogP contribution in [-0.2, 0) is 38.1 Å². The molecule has 1 aliphatic rings. The summed E-state index contributed by atoms with van der Waals surface area (Å²) in [5.74, 6) is -2.91. The van der Waals surface area contributed by atoms with Crippen LogP contribution in [0.4, 0.5) is 0 Å². The van der Waals surface area contributed by atoms with Gasteiger partial charge in [0.15, 0.2) is 0 Å². The summed E-state index contributed by atoms with van der Waals surface area (Å²) in [4.78, 5) is 46.6. The summed E-state index contributed by atoms with van der Waals surface area (Å²) in [5.41, 5.74) is -2.51. The highest BCUT2D eigenvalue weighted by Crippen LogP contribution is 2.48. The van der Waals surface area contributed by atoms with Crippen LogP contribution in [0.5, 0.6) is 0 Å². The molecule has 0 amide bonds. The minimum atomic E-state index is -1.35. The Morgan fingerprint density at radius 1 is 0.677 bits per heavy atom. The Kier molecular flexibility index (Phi) is 9.88. The molecule has 1 N–H and O–H groups in total. The van der Waals surface area contributed by atoms with Gasteiger partial charge in [-0.05, 0) is 12.8 Å². The second-order valence-corrected chi connectivity index (χ2v) is 7.23. The fourth-order valence-electron chi connectivity index (χ4n) is 3.50. The molecule has 31 heavy (non-hydrogen) atoms. The maximum Gasteiger partial charge on any atom is 0.330 e. The highest BCUT2D eigenvalue weighted by atomic mass is 16.6. The van der Waals surface area contributed by atoms with Crippen LogP contribution >= 0.6 is 0 Å². The van der Waals surface area contributed by atoms with Gasteiger partial charge in [0, 0.05) is 24.3 Å². The minimum Gasteiger partial charge on any atom is -0.462 e. The fraction of sp³-hybridized carbons (Fsp3) is 0.455. The van der Waals surface area contributed by atoms with Crippen LogP contribution < -0.4 is 0 Å². The predicted octanol–water partition coefficient (Wildman–Crippen LogP) is 1.42. The molecule has 0 heterocycles. The van der Waals surface area contributed by atoms with Crippen molar-refractivity contribution in [3.05, 3.63) is 50.6 Å². The third-order valence-electron chi connectivity index (χ3n) is 5.18. The largest absolute Gasteiger partial charge is 0.462 e. The van der Waals surface area contributed by atoms with E-state index in [0.29, 0.717) is 19.3 Å². The molecule has 9 heteroatoms. The van der Waals surface area contributed by atoms with E-state index in [9.17, 15) is 24.3 Å². The van der Waals surface area contributed by atoms with E-state index in [0.717, 1.165) is 24.3 Å². The molecular formula is C22H28O9. The van der Waals surface area contributed by atoms with Gasteiger partial charge in [0.05, 0.1) is 16.9 Å². The van der Waals surface area contributed by atoms with Crippen molar-refractivity contribution >= 4 is 23.9 Å². The van der Waals surface area contributed by atoms with Gasteiger partial charge in [-0.15, -0.1) is 0 Å². The van der Waals surface area contributed by atoms with E-state index in [1.165, 1.54) is 0 Å². The highest BCUT2D eigenvalue weighted by molar-refractivity contribution is 5.82. The standard InChI is InChI=1S/C22H28O9/c1-5-16(23)28-12-21(13-29-17(24)6-2)10-9-11-22(20(21)27,14-30-18(25)7-3)15-31-19(26)8-4/h5-8,20,27H,1-4,9-15H2. The first-order valence-corrected chi connectivity index (χ1v) is 9.53. The minimum absolute atomic E-state index is 0.310. The first-order chi connectivity index (χ1) is 14.7. The van der Waals surface area contributed by atoms with Gasteiger partial charge < -0.3 is 24.1 Å². The van der Waals surface area contributed by atoms with Crippen molar-refractivity contribution < 1.29 is 43.2 Å². The van der Waals surface area contributed by atoms with Crippen LogP contribution in [-0.4, -0.2) is 61.5 Å². The van der Waals surface area contributed by atoms with Gasteiger partial charge in [-0.25, -0.2) is 19.2 Å². The van der Waals surface area contributed by atoms with Crippen LogP contribution in [0, 0.1) is 10.8 Å². The van der Waals surface area contributed by atoms with Crippen LogP contribution in [0.25, 0.3) is 0 Å². The summed E-state index contributed by atoms with van der Waals surface area (Å²) in [5, 5.41) is 11.4. The molecule has 1 aliphatic carbocycles. The third-order valence-corrected chi connectivity index (χ3v) is 5.18. The molecule has 1 fully saturated rings. The maximum atomic E-state index is 11.7. The molecule has 0 aromatic rings. The van der Waals surface area contributed by atoms with Crippen molar-refractivity contribution in [2.24, 2.45) is 10.8 Å². The maximum absolute atomic E-state index is 11.7. The van der Waals surface area contributed by atoms with Crippen LogP contribution in [0.3, 0.4) is 0 Å². The zero-order chi connectivity index (χ0) is 23.5. The molecule has 0 aliphatic heterocycles. The second-order valence-electron chi connectivity index (χ2n) is 7.23. The van der Waals surface area contributed by atoms with Crippen LogP contribution in [0.1, 0.15) is 19.3 Å². The Morgan fingerprint density at radius 3 is 1.16 bits per heavy atom. The average Bonchev–Trinajstić information content (AvgIpc) is 2.79. The van der Waals surface area contributed by atoms with E-state index >= 15 is 0 Å². The van der Waals surface area contributed by atoms with Crippen molar-refractivity contribution in [2.75, 3.05) is 26.4 Å². The van der Waals surface area contributed by atoms with E-state index in [1.54, 1.807) is 0 Å². The quantitative estimate of drug-likeness (QED) is 0.275. The van der Waals surface area contributed by atoms with E-state index < -0.39 is 40.8 Å². The lowest BCUT2D eigenvalue weighted by atomic mass is 9.60. The van der Waals surface area contributed by atoms with Gasteiger partial charge in [-0.1, -0.05) is 32.7 Å². The van der Waals surface area contributed by atoms with Gasteiger partial charge in [0.2, 0.25) is 0 Å². The van der Waals surface area contributed by atoms with Gasteiger partial charge in [-0.2, -0.15) is 0 Å². The molecule has 0 aromatic carbocycles. The van der Waals surface area contributed by atoms with Crippen molar-refractivity contribution in [3.8, 4) is 0 Å². The Hall–Kier alpha value is -3.20. The molecule has 0 radical (unpaired) electrons. The summed E-state index contributed by atoms with van der Waals surface area (Å²) in [6, 6.07) is 0. The predicted molar refractivity (Wildman–Crippen MR) is 109 cm³/mol. The second kappa shape index (κ2) is 11.8. The molecule has 170 valence electrons. The van der Waals surface area contributed by atoms with Crippen LogP contribution in [0.2, 0.25) is 0 Å². The summed E-state index contributed by atoms with van der Waals surface area (Å²) in [6.07, 6.45) is 3.59. The topological polar surface area (TPSA) is 125 Å². The van der Waals surface area contributed by atoms with E-state index in [1.807, 2.05) is 0 Å². The van der Waals surface area contributed by atoms with Gasteiger partial charge >= 0.3 is 23.9 Å². The third kappa shape index (κ3) is 6.92. The zero-order valence-corrected chi connectivity index (χ0v) is 17.4.